The molecule has 1 N–H and O–H groups in total. The van der Waals surface area contributed by atoms with Crippen LogP contribution in [0.4, 0.5) is 5.00 Å². The Labute approximate surface area is 202 Å². The molecule has 0 bridgehead atoms. The van der Waals surface area contributed by atoms with Gasteiger partial charge in [0.2, 0.25) is 0 Å². The molecule has 0 unspecified atom stereocenters. The first-order chi connectivity index (χ1) is 16.4. The molecule has 0 saturated carbocycles. The Bertz CT molecular complexity index is 1460. The number of ether oxygens (including phenoxy) is 1. The van der Waals surface area contributed by atoms with Gasteiger partial charge in [-0.15, -0.1) is 11.3 Å². The van der Waals surface area contributed by atoms with Crippen molar-refractivity contribution < 1.29 is 17.9 Å². The fourth-order valence-electron chi connectivity index (χ4n) is 4.34. The summed E-state index contributed by atoms with van der Waals surface area (Å²) in [4.78, 5) is 16.1. The number of methoxy groups -OCH3 is 1. The fraction of sp³-hybridized carbons (Fsp3) is 0.192. The highest BCUT2D eigenvalue weighted by atomic mass is 32.2. The molecule has 0 aliphatic carbocycles. The maximum atomic E-state index is 13.3. The molecule has 0 radical (unpaired) electrons. The number of thiophene rings is 1. The second-order valence-corrected chi connectivity index (χ2v) is 11.0. The van der Waals surface area contributed by atoms with E-state index >= 15 is 0 Å². The van der Waals surface area contributed by atoms with Crippen LogP contribution in [0.15, 0.2) is 77.7 Å². The Balaban J connectivity index is 1.46. The van der Waals surface area contributed by atoms with Gasteiger partial charge in [-0.1, -0.05) is 60.7 Å². The van der Waals surface area contributed by atoms with Gasteiger partial charge in [0.25, 0.3) is 10.0 Å². The number of hydrogen-bond acceptors (Lipinski definition) is 6. The smallest absolute Gasteiger partial charge is 0.341 e. The molecular formula is C26H24N2O4S2. The predicted molar refractivity (Wildman–Crippen MR) is 135 cm³/mol. The summed E-state index contributed by atoms with van der Waals surface area (Å²) in [6.45, 7) is 2.22. The van der Waals surface area contributed by atoms with Crippen molar-refractivity contribution in [2.75, 3.05) is 18.4 Å². The first-order valence-corrected chi connectivity index (χ1v) is 13.3. The molecule has 0 atom stereocenters. The number of anilines is 1. The normalized spacial score (nSPS) is 14.0. The SMILES string of the molecule is COC(=O)c1c(NS(=O)(=O)c2ccc3ccccc3c2)sc2c1CCN(Cc1ccccc1)C2. The van der Waals surface area contributed by atoms with Crippen LogP contribution in [0.25, 0.3) is 10.8 Å². The van der Waals surface area contributed by atoms with Crippen molar-refractivity contribution in [1.29, 1.82) is 0 Å². The van der Waals surface area contributed by atoms with Crippen molar-refractivity contribution >= 4 is 43.1 Å². The number of rotatable bonds is 6. The minimum atomic E-state index is -3.89. The highest BCUT2D eigenvalue weighted by molar-refractivity contribution is 7.93. The van der Waals surface area contributed by atoms with Gasteiger partial charge in [-0.25, -0.2) is 13.2 Å². The fourth-order valence-corrected chi connectivity index (χ4v) is 6.96. The van der Waals surface area contributed by atoms with Crippen molar-refractivity contribution in [1.82, 2.24) is 4.90 Å². The van der Waals surface area contributed by atoms with E-state index in [0.29, 0.717) is 23.5 Å². The number of esters is 1. The molecule has 3 aromatic carbocycles. The Morgan fingerprint density at radius 1 is 1.03 bits per heavy atom. The van der Waals surface area contributed by atoms with E-state index in [9.17, 15) is 13.2 Å². The number of carbonyl (C=O) groups excluding carboxylic acids is 1. The molecule has 1 aliphatic rings. The third-order valence-corrected chi connectivity index (χ3v) is 8.64. The molecule has 1 aromatic heterocycles. The minimum Gasteiger partial charge on any atom is -0.465 e. The van der Waals surface area contributed by atoms with E-state index in [4.69, 9.17) is 4.74 Å². The highest BCUT2D eigenvalue weighted by Crippen LogP contribution is 2.39. The van der Waals surface area contributed by atoms with Crippen LogP contribution in [0.5, 0.6) is 0 Å². The summed E-state index contributed by atoms with van der Waals surface area (Å²) in [5, 5.41) is 2.11. The Morgan fingerprint density at radius 3 is 2.53 bits per heavy atom. The zero-order chi connectivity index (χ0) is 23.7. The van der Waals surface area contributed by atoms with Crippen molar-refractivity contribution in [3.63, 3.8) is 0 Å². The number of sulfonamides is 1. The lowest BCUT2D eigenvalue weighted by molar-refractivity contribution is 0.0600. The van der Waals surface area contributed by atoms with Crippen LogP contribution in [0, 0.1) is 0 Å². The second kappa shape index (κ2) is 9.21. The molecule has 1 aliphatic heterocycles. The predicted octanol–water partition coefficient (Wildman–Crippen LogP) is 5.05. The number of fused-ring (bicyclic) bond motifs is 2. The van der Waals surface area contributed by atoms with E-state index in [-0.39, 0.29) is 4.90 Å². The van der Waals surface area contributed by atoms with Crippen LogP contribution in [0.1, 0.15) is 26.4 Å². The average Bonchev–Trinajstić information content (AvgIpc) is 3.20. The van der Waals surface area contributed by atoms with Crippen LogP contribution in [0.3, 0.4) is 0 Å². The third-order valence-electron chi connectivity index (χ3n) is 6.03. The van der Waals surface area contributed by atoms with Crippen LogP contribution in [-0.2, 0) is 34.3 Å². The largest absolute Gasteiger partial charge is 0.465 e. The van der Waals surface area contributed by atoms with Crippen molar-refractivity contribution in [3.05, 3.63) is 94.4 Å². The van der Waals surface area contributed by atoms with E-state index in [1.165, 1.54) is 24.0 Å². The lowest BCUT2D eigenvalue weighted by Crippen LogP contribution is -2.29. The monoisotopic (exact) mass is 492 g/mol. The minimum absolute atomic E-state index is 0.152. The number of benzene rings is 3. The van der Waals surface area contributed by atoms with Gasteiger partial charge in [0.05, 0.1) is 17.6 Å². The zero-order valence-electron chi connectivity index (χ0n) is 18.7. The van der Waals surface area contributed by atoms with E-state index in [2.05, 4.69) is 21.8 Å². The Kier molecular flexibility index (Phi) is 6.12. The molecule has 34 heavy (non-hydrogen) atoms. The first kappa shape index (κ1) is 22.6. The van der Waals surface area contributed by atoms with E-state index in [0.717, 1.165) is 34.3 Å². The van der Waals surface area contributed by atoms with Gasteiger partial charge in [0, 0.05) is 24.5 Å². The topological polar surface area (TPSA) is 75.7 Å². The lowest BCUT2D eigenvalue weighted by Gasteiger charge is -2.27. The van der Waals surface area contributed by atoms with E-state index in [1.807, 2.05) is 42.5 Å². The zero-order valence-corrected chi connectivity index (χ0v) is 20.3. The number of nitrogens with zero attached hydrogens (tertiary/aromatic N) is 1. The maximum Gasteiger partial charge on any atom is 0.341 e. The van der Waals surface area contributed by atoms with Gasteiger partial charge in [-0.3, -0.25) is 9.62 Å². The van der Waals surface area contributed by atoms with Crippen LogP contribution < -0.4 is 4.72 Å². The molecule has 8 heteroatoms. The maximum absolute atomic E-state index is 13.3. The molecule has 2 heterocycles. The molecule has 0 spiro atoms. The number of hydrogen-bond donors (Lipinski definition) is 1. The number of carbonyl (C=O) groups is 1. The first-order valence-electron chi connectivity index (χ1n) is 11.0. The summed E-state index contributed by atoms with van der Waals surface area (Å²) < 4.78 is 34.2. The van der Waals surface area contributed by atoms with Crippen molar-refractivity contribution in [3.8, 4) is 0 Å². The number of nitrogens with one attached hydrogen (secondary N) is 1. The third kappa shape index (κ3) is 4.44. The molecule has 0 amide bonds. The summed E-state index contributed by atoms with van der Waals surface area (Å²) in [7, 11) is -2.57. The summed E-state index contributed by atoms with van der Waals surface area (Å²) >= 11 is 1.31. The van der Waals surface area contributed by atoms with Gasteiger partial charge < -0.3 is 4.74 Å². The van der Waals surface area contributed by atoms with Gasteiger partial charge in [-0.2, -0.15) is 0 Å². The van der Waals surface area contributed by atoms with Gasteiger partial charge in [-0.05, 0) is 40.5 Å². The molecule has 0 fully saturated rings. The Morgan fingerprint density at radius 2 is 1.76 bits per heavy atom. The molecular weight excluding hydrogens is 468 g/mol. The highest BCUT2D eigenvalue weighted by Gasteiger charge is 2.30. The lowest BCUT2D eigenvalue weighted by atomic mass is 10.0. The van der Waals surface area contributed by atoms with Crippen LogP contribution in [-0.4, -0.2) is 32.9 Å². The van der Waals surface area contributed by atoms with Crippen LogP contribution >= 0.6 is 11.3 Å². The van der Waals surface area contributed by atoms with E-state index < -0.39 is 16.0 Å². The average molecular weight is 493 g/mol. The molecule has 5 rings (SSSR count). The molecule has 174 valence electrons. The van der Waals surface area contributed by atoms with Gasteiger partial charge in [0.15, 0.2) is 0 Å². The van der Waals surface area contributed by atoms with Gasteiger partial charge >= 0.3 is 5.97 Å². The van der Waals surface area contributed by atoms with Crippen molar-refractivity contribution in [2.24, 2.45) is 0 Å². The van der Waals surface area contributed by atoms with E-state index in [1.54, 1.807) is 18.2 Å². The molecule has 0 saturated heterocycles. The Hall–Kier alpha value is -3.20. The summed E-state index contributed by atoms with van der Waals surface area (Å²) in [5.74, 6) is -0.523. The molecule has 6 nitrogen and oxygen atoms in total. The van der Waals surface area contributed by atoms with Crippen LogP contribution in [0.2, 0.25) is 0 Å². The summed E-state index contributed by atoms with van der Waals surface area (Å²) in [6, 6.07) is 22.8. The standard InChI is InChI=1S/C26H24N2O4S2/c1-32-26(29)24-22-13-14-28(16-18-7-3-2-4-8-18)17-23(22)33-25(24)27-34(30,31)21-12-11-19-9-5-6-10-20(19)15-21/h2-12,15,27H,13-14,16-17H2,1H3. The molecule has 4 aromatic rings. The van der Waals surface area contributed by atoms with Gasteiger partial charge in [0.1, 0.15) is 5.00 Å². The van der Waals surface area contributed by atoms with Crippen molar-refractivity contribution in [2.45, 2.75) is 24.4 Å². The quantitative estimate of drug-likeness (QED) is 0.382. The summed E-state index contributed by atoms with van der Waals surface area (Å²) in [6.07, 6.45) is 0.654. The second-order valence-electron chi connectivity index (χ2n) is 8.26. The summed E-state index contributed by atoms with van der Waals surface area (Å²) in [5.41, 5.74) is 2.41.